The zero-order valence-corrected chi connectivity index (χ0v) is 10.2. The van der Waals surface area contributed by atoms with E-state index in [1.807, 2.05) is 0 Å². The Morgan fingerprint density at radius 3 is 3.19 bits per heavy atom. The van der Waals surface area contributed by atoms with Gasteiger partial charge in [-0.2, -0.15) is 5.10 Å². The van der Waals surface area contributed by atoms with Gasteiger partial charge in [-0.1, -0.05) is 22.5 Å². The molecule has 16 heavy (non-hydrogen) atoms. The summed E-state index contributed by atoms with van der Waals surface area (Å²) in [6.07, 6.45) is 0. The van der Waals surface area contributed by atoms with Crippen molar-refractivity contribution in [3.63, 3.8) is 0 Å². The summed E-state index contributed by atoms with van der Waals surface area (Å²) in [5.41, 5.74) is 0.261. The van der Waals surface area contributed by atoms with Crippen LogP contribution < -0.4 is 11.0 Å². The Balaban J connectivity index is 2.42. The highest BCUT2D eigenvalue weighted by Crippen LogP contribution is 2.09. The molecule has 2 N–H and O–H groups in total. The molecule has 0 spiro atoms. The van der Waals surface area contributed by atoms with Crippen LogP contribution in [0.4, 0.5) is 5.82 Å². The third-order valence-electron chi connectivity index (χ3n) is 2.03. The average molecular weight is 284 g/mol. The van der Waals surface area contributed by atoms with Gasteiger partial charge < -0.3 is 5.32 Å². The van der Waals surface area contributed by atoms with Crippen molar-refractivity contribution in [3.05, 3.63) is 33.4 Å². The molecule has 0 radical (unpaired) electrons. The summed E-state index contributed by atoms with van der Waals surface area (Å²) in [7, 11) is 0. The number of anilines is 1. The average Bonchev–Trinajstić information content (AvgIpc) is 2.58. The number of hydrogen-bond donors (Lipinski definition) is 2. The molecule has 0 aromatic carbocycles. The van der Waals surface area contributed by atoms with Crippen molar-refractivity contribution in [2.24, 2.45) is 0 Å². The van der Waals surface area contributed by atoms with Crippen molar-refractivity contribution in [3.8, 4) is 0 Å². The van der Waals surface area contributed by atoms with Crippen LogP contribution in [0.25, 0.3) is 5.65 Å². The normalized spacial score (nSPS) is 10.6. The smallest absolute Gasteiger partial charge is 0.349 e. The molecule has 0 saturated heterocycles. The Morgan fingerprint density at radius 1 is 1.75 bits per heavy atom. The molecule has 0 aliphatic rings. The van der Waals surface area contributed by atoms with Crippen molar-refractivity contribution < 1.29 is 0 Å². The lowest BCUT2D eigenvalue weighted by molar-refractivity contribution is 0.935. The predicted octanol–water partition coefficient (Wildman–Crippen LogP) is 1.05. The maximum atomic E-state index is 11.3. The third kappa shape index (κ3) is 1.99. The number of hydrogen-bond acceptors (Lipinski definition) is 4. The monoisotopic (exact) mass is 283 g/mol. The molecule has 84 valence electrons. The minimum Gasteiger partial charge on any atom is -0.365 e. The lowest BCUT2D eigenvalue weighted by atomic mass is 10.5. The van der Waals surface area contributed by atoms with E-state index in [0.29, 0.717) is 23.8 Å². The number of aromatic amines is 1. The van der Waals surface area contributed by atoms with Crippen molar-refractivity contribution in [2.45, 2.75) is 6.92 Å². The number of aromatic nitrogens is 4. The van der Waals surface area contributed by atoms with E-state index in [2.05, 4.69) is 43.0 Å². The number of aryl methyl sites for hydroxylation is 1. The first kappa shape index (κ1) is 10.9. The fourth-order valence-electron chi connectivity index (χ4n) is 1.37. The van der Waals surface area contributed by atoms with E-state index in [1.54, 1.807) is 13.0 Å². The van der Waals surface area contributed by atoms with Crippen LogP contribution in [-0.2, 0) is 0 Å². The van der Waals surface area contributed by atoms with E-state index in [4.69, 9.17) is 0 Å². The van der Waals surface area contributed by atoms with Crippen molar-refractivity contribution in [1.29, 1.82) is 0 Å². The highest BCUT2D eigenvalue weighted by Gasteiger charge is 2.06. The first-order valence-electron chi connectivity index (χ1n) is 4.60. The van der Waals surface area contributed by atoms with Gasteiger partial charge in [0.1, 0.15) is 11.6 Å². The van der Waals surface area contributed by atoms with Crippen molar-refractivity contribution in [2.75, 3.05) is 11.9 Å². The summed E-state index contributed by atoms with van der Waals surface area (Å²) in [6, 6.07) is 1.70. The molecule has 6 nitrogen and oxygen atoms in total. The van der Waals surface area contributed by atoms with Crippen LogP contribution in [0.3, 0.4) is 0 Å². The van der Waals surface area contributed by atoms with Gasteiger partial charge in [0.25, 0.3) is 0 Å². The highest BCUT2D eigenvalue weighted by atomic mass is 79.9. The highest BCUT2D eigenvalue weighted by molar-refractivity contribution is 9.11. The zero-order chi connectivity index (χ0) is 11.7. The first-order chi connectivity index (χ1) is 7.58. The van der Waals surface area contributed by atoms with Gasteiger partial charge in [-0.3, -0.25) is 0 Å². The predicted molar refractivity (Wildman–Crippen MR) is 64.9 cm³/mol. The van der Waals surface area contributed by atoms with Crippen LogP contribution in [0.1, 0.15) is 5.82 Å². The fraction of sp³-hybridized carbons (Fsp3) is 0.222. The van der Waals surface area contributed by atoms with Crippen molar-refractivity contribution in [1.82, 2.24) is 19.6 Å². The second kappa shape index (κ2) is 4.09. The fourth-order valence-corrected chi connectivity index (χ4v) is 1.51. The molecule has 0 saturated carbocycles. The lowest BCUT2D eigenvalue weighted by Gasteiger charge is -2.05. The molecule has 2 rings (SSSR count). The number of H-pyrrole nitrogens is 1. The summed E-state index contributed by atoms with van der Waals surface area (Å²) in [5, 5.41) is 9.31. The molecule has 7 heteroatoms. The van der Waals surface area contributed by atoms with Crippen LogP contribution in [0.2, 0.25) is 0 Å². The Hall–Kier alpha value is -1.63. The molecule has 0 bridgehead atoms. The molecule has 0 unspecified atom stereocenters. The molecule has 2 heterocycles. The second-order valence-corrected chi connectivity index (χ2v) is 4.40. The molecule has 0 aliphatic carbocycles. The van der Waals surface area contributed by atoms with Crippen LogP contribution in [0.5, 0.6) is 0 Å². The minimum atomic E-state index is -0.281. The van der Waals surface area contributed by atoms with E-state index in [1.165, 1.54) is 4.40 Å². The molecule has 0 aliphatic heterocycles. The van der Waals surface area contributed by atoms with E-state index >= 15 is 0 Å². The van der Waals surface area contributed by atoms with E-state index in [0.717, 1.165) is 4.48 Å². The molecule has 2 aromatic rings. The number of nitrogens with zero attached hydrogens (tertiary/aromatic N) is 3. The second-order valence-electron chi connectivity index (χ2n) is 3.28. The van der Waals surface area contributed by atoms with Gasteiger partial charge in [0.15, 0.2) is 5.65 Å². The van der Waals surface area contributed by atoms with E-state index in [-0.39, 0.29) is 5.69 Å². The van der Waals surface area contributed by atoms with E-state index in [9.17, 15) is 4.79 Å². The Bertz CT molecular complexity index is 599. The van der Waals surface area contributed by atoms with Gasteiger partial charge in [-0.15, -0.1) is 0 Å². The summed E-state index contributed by atoms with van der Waals surface area (Å²) < 4.78 is 2.24. The number of nitrogens with one attached hydrogen (secondary N) is 2. The van der Waals surface area contributed by atoms with E-state index < -0.39 is 0 Å². The summed E-state index contributed by atoms with van der Waals surface area (Å²) in [5.74, 6) is 1.24. The molecule has 2 aromatic heterocycles. The van der Waals surface area contributed by atoms with Gasteiger partial charge >= 0.3 is 5.69 Å². The molecular formula is C9H10BrN5O. The summed E-state index contributed by atoms with van der Waals surface area (Å²) in [6.45, 7) is 6.02. The number of rotatable bonds is 3. The molecule has 0 fully saturated rings. The van der Waals surface area contributed by atoms with Crippen LogP contribution in [0, 0.1) is 6.92 Å². The van der Waals surface area contributed by atoms with Gasteiger partial charge in [-0.05, 0) is 6.92 Å². The maximum absolute atomic E-state index is 11.3. The molecule has 0 atom stereocenters. The summed E-state index contributed by atoms with van der Waals surface area (Å²) >= 11 is 3.24. The van der Waals surface area contributed by atoms with Gasteiger partial charge in [0.05, 0.1) is 0 Å². The zero-order valence-electron chi connectivity index (χ0n) is 8.62. The van der Waals surface area contributed by atoms with Gasteiger partial charge in [0.2, 0.25) is 0 Å². The number of halogens is 1. The van der Waals surface area contributed by atoms with Crippen LogP contribution in [-0.4, -0.2) is 26.1 Å². The summed E-state index contributed by atoms with van der Waals surface area (Å²) in [4.78, 5) is 15.6. The van der Waals surface area contributed by atoms with Gasteiger partial charge in [0, 0.05) is 17.1 Å². The standard InChI is InChI=1S/C9H10BrN5O/c1-5(10)4-11-7-3-8-13-14-9(16)15(8)6(2)12-7/h3,11H,1,4H2,2H3,(H,14,16). The third-order valence-corrected chi connectivity index (χ3v) is 2.31. The Kier molecular flexibility index (Phi) is 2.78. The Morgan fingerprint density at radius 2 is 2.50 bits per heavy atom. The number of fused-ring (bicyclic) bond motifs is 1. The topological polar surface area (TPSA) is 75.1 Å². The lowest BCUT2D eigenvalue weighted by Crippen LogP contribution is -2.14. The van der Waals surface area contributed by atoms with Gasteiger partial charge in [-0.25, -0.2) is 19.3 Å². The van der Waals surface area contributed by atoms with Crippen LogP contribution >= 0.6 is 15.9 Å². The largest absolute Gasteiger partial charge is 0.365 e. The molecule has 0 amide bonds. The Labute approximate surface area is 99.5 Å². The maximum Gasteiger partial charge on any atom is 0.349 e. The first-order valence-corrected chi connectivity index (χ1v) is 5.39. The minimum absolute atomic E-state index is 0.281. The van der Waals surface area contributed by atoms with Crippen molar-refractivity contribution >= 4 is 27.4 Å². The quantitative estimate of drug-likeness (QED) is 0.883. The molecular weight excluding hydrogens is 274 g/mol. The SMILES string of the molecule is C=C(Br)CNc1cc2n[nH]c(=O)n2c(C)n1. The van der Waals surface area contributed by atoms with Crippen LogP contribution in [0.15, 0.2) is 21.9 Å².